The van der Waals surface area contributed by atoms with Gasteiger partial charge in [0.05, 0.1) is 13.1 Å². The molecule has 0 saturated carbocycles. The van der Waals surface area contributed by atoms with Crippen LogP contribution in [-0.4, -0.2) is 47.6 Å². The van der Waals surface area contributed by atoms with Crippen LogP contribution in [0, 0.1) is 5.92 Å². The van der Waals surface area contributed by atoms with Crippen molar-refractivity contribution in [2.45, 2.75) is 39.7 Å². The second-order valence-corrected chi connectivity index (χ2v) is 5.29. The summed E-state index contributed by atoms with van der Waals surface area (Å²) in [4.78, 5) is 24.0. The molecule has 19 heavy (non-hydrogen) atoms. The van der Waals surface area contributed by atoms with Crippen molar-refractivity contribution in [1.82, 2.24) is 10.2 Å². The lowest BCUT2D eigenvalue weighted by Gasteiger charge is -2.20. The highest BCUT2D eigenvalue weighted by Crippen LogP contribution is 2.06. The van der Waals surface area contributed by atoms with Gasteiger partial charge in [-0.1, -0.05) is 19.9 Å². The molecule has 0 radical (unpaired) electrons. The Hall–Kier alpha value is -1.36. The normalized spacial score (nSPS) is 12.5. The molecule has 5 heteroatoms. The molecule has 5 nitrogen and oxygen atoms in total. The lowest BCUT2D eigenvalue weighted by atomic mass is 10.0. The summed E-state index contributed by atoms with van der Waals surface area (Å²) in [5, 5.41) is 11.6. The number of rotatable bonds is 10. The van der Waals surface area contributed by atoms with Crippen molar-refractivity contribution < 1.29 is 14.7 Å². The quantitative estimate of drug-likeness (QED) is 0.590. The van der Waals surface area contributed by atoms with Gasteiger partial charge in [0.2, 0.25) is 5.91 Å². The van der Waals surface area contributed by atoms with Crippen molar-refractivity contribution >= 4 is 11.9 Å². The molecule has 110 valence electrons. The fourth-order valence-corrected chi connectivity index (χ4v) is 1.74. The zero-order chi connectivity index (χ0) is 14.8. The van der Waals surface area contributed by atoms with Gasteiger partial charge < -0.3 is 10.4 Å². The van der Waals surface area contributed by atoms with Crippen molar-refractivity contribution in [3.8, 4) is 0 Å². The van der Waals surface area contributed by atoms with E-state index in [1.807, 2.05) is 6.92 Å². The summed E-state index contributed by atoms with van der Waals surface area (Å²) in [7, 11) is 0. The van der Waals surface area contributed by atoms with E-state index in [4.69, 9.17) is 5.11 Å². The second kappa shape index (κ2) is 9.55. The molecule has 0 aromatic rings. The van der Waals surface area contributed by atoms with Gasteiger partial charge in [0.1, 0.15) is 0 Å². The van der Waals surface area contributed by atoms with E-state index in [2.05, 4.69) is 25.7 Å². The number of carbonyl (C=O) groups is 2. The van der Waals surface area contributed by atoms with E-state index in [-0.39, 0.29) is 25.0 Å². The lowest BCUT2D eigenvalue weighted by molar-refractivity contribution is -0.138. The van der Waals surface area contributed by atoms with Crippen molar-refractivity contribution in [3.63, 3.8) is 0 Å². The zero-order valence-corrected chi connectivity index (χ0v) is 12.2. The first-order valence-corrected chi connectivity index (χ1v) is 6.69. The van der Waals surface area contributed by atoms with Crippen molar-refractivity contribution in [3.05, 3.63) is 12.7 Å². The maximum atomic E-state index is 11.8. The summed E-state index contributed by atoms with van der Waals surface area (Å²) >= 11 is 0. The molecule has 1 atom stereocenters. The highest BCUT2D eigenvalue weighted by Gasteiger charge is 2.14. The monoisotopic (exact) mass is 270 g/mol. The highest BCUT2D eigenvalue weighted by molar-refractivity contribution is 5.79. The molecule has 2 N–H and O–H groups in total. The second-order valence-electron chi connectivity index (χ2n) is 5.29. The predicted molar refractivity (Wildman–Crippen MR) is 75.9 cm³/mol. The molecule has 0 rings (SSSR count). The fraction of sp³-hybridized carbons (Fsp3) is 0.714. The van der Waals surface area contributed by atoms with Crippen LogP contribution in [0.5, 0.6) is 0 Å². The van der Waals surface area contributed by atoms with Crippen LogP contribution >= 0.6 is 0 Å². The third-order valence-electron chi connectivity index (χ3n) is 2.70. The van der Waals surface area contributed by atoms with Crippen LogP contribution in [0.4, 0.5) is 0 Å². The number of nitrogens with zero attached hydrogens (tertiary/aromatic N) is 1. The van der Waals surface area contributed by atoms with Crippen LogP contribution < -0.4 is 5.32 Å². The van der Waals surface area contributed by atoms with Crippen molar-refractivity contribution in [1.29, 1.82) is 0 Å². The van der Waals surface area contributed by atoms with Gasteiger partial charge in [-0.3, -0.25) is 14.5 Å². The smallest absolute Gasteiger partial charge is 0.317 e. The van der Waals surface area contributed by atoms with E-state index in [1.165, 1.54) is 0 Å². The summed E-state index contributed by atoms with van der Waals surface area (Å²) in [5.74, 6) is -0.467. The van der Waals surface area contributed by atoms with Crippen molar-refractivity contribution in [2.24, 2.45) is 5.92 Å². The Morgan fingerprint density at radius 2 is 1.89 bits per heavy atom. The van der Waals surface area contributed by atoms with Gasteiger partial charge in [0.15, 0.2) is 0 Å². The average Bonchev–Trinajstić information content (AvgIpc) is 2.25. The van der Waals surface area contributed by atoms with Gasteiger partial charge >= 0.3 is 5.97 Å². The zero-order valence-electron chi connectivity index (χ0n) is 12.2. The Bertz CT molecular complexity index is 303. The van der Waals surface area contributed by atoms with E-state index in [0.717, 1.165) is 12.8 Å². The number of carboxylic acid groups (broad SMARTS) is 1. The van der Waals surface area contributed by atoms with Gasteiger partial charge in [-0.2, -0.15) is 0 Å². The maximum Gasteiger partial charge on any atom is 0.317 e. The third-order valence-corrected chi connectivity index (χ3v) is 2.70. The van der Waals surface area contributed by atoms with Crippen LogP contribution in [0.2, 0.25) is 0 Å². The Labute approximate surface area is 115 Å². The van der Waals surface area contributed by atoms with E-state index in [0.29, 0.717) is 12.5 Å². The molecule has 0 saturated heterocycles. The maximum absolute atomic E-state index is 11.8. The van der Waals surface area contributed by atoms with Crippen LogP contribution in [0.1, 0.15) is 33.6 Å². The largest absolute Gasteiger partial charge is 0.480 e. The molecule has 0 aromatic carbocycles. The average molecular weight is 270 g/mol. The van der Waals surface area contributed by atoms with Gasteiger partial charge in [-0.25, -0.2) is 0 Å². The molecular formula is C14H26N2O3. The summed E-state index contributed by atoms with van der Waals surface area (Å²) in [6, 6.07) is 0.116. The predicted octanol–water partition coefficient (Wildman–Crippen LogP) is 1.50. The first-order valence-electron chi connectivity index (χ1n) is 6.69. The van der Waals surface area contributed by atoms with Gasteiger partial charge in [-0.15, -0.1) is 6.58 Å². The molecule has 0 bridgehead atoms. The Morgan fingerprint density at radius 3 is 2.37 bits per heavy atom. The fourth-order valence-electron chi connectivity index (χ4n) is 1.74. The molecule has 0 fully saturated rings. The molecule has 1 amide bonds. The van der Waals surface area contributed by atoms with Gasteiger partial charge in [-0.05, 0) is 25.7 Å². The van der Waals surface area contributed by atoms with E-state index < -0.39 is 5.97 Å². The number of carboxylic acids is 1. The van der Waals surface area contributed by atoms with Gasteiger partial charge in [0.25, 0.3) is 0 Å². The van der Waals surface area contributed by atoms with Crippen LogP contribution in [-0.2, 0) is 9.59 Å². The van der Waals surface area contributed by atoms with Crippen molar-refractivity contribution in [2.75, 3.05) is 19.6 Å². The van der Waals surface area contributed by atoms with E-state index in [9.17, 15) is 9.59 Å². The van der Waals surface area contributed by atoms with Crippen LogP contribution in [0.3, 0.4) is 0 Å². The molecule has 0 aliphatic carbocycles. The van der Waals surface area contributed by atoms with E-state index in [1.54, 1.807) is 11.0 Å². The summed E-state index contributed by atoms with van der Waals surface area (Å²) < 4.78 is 0. The highest BCUT2D eigenvalue weighted by atomic mass is 16.4. The number of hydrogen-bond donors (Lipinski definition) is 2. The summed E-state index contributed by atoms with van der Waals surface area (Å²) in [6.45, 7) is 10.1. The first kappa shape index (κ1) is 17.6. The minimum absolute atomic E-state index is 0.0876. The summed E-state index contributed by atoms with van der Waals surface area (Å²) in [5.41, 5.74) is 0. The number of nitrogens with one attached hydrogen (secondary N) is 1. The number of amides is 1. The summed E-state index contributed by atoms with van der Waals surface area (Å²) in [6.07, 6.45) is 3.59. The molecular weight excluding hydrogens is 244 g/mol. The first-order chi connectivity index (χ1) is 8.85. The molecule has 0 heterocycles. The molecule has 0 spiro atoms. The Morgan fingerprint density at radius 1 is 1.26 bits per heavy atom. The SMILES string of the molecule is C=CCN(CC(=O)O)CC(=O)NC(C)CCC(C)C. The minimum Gasteiger partial charge on any atom is -0.480 e. The Kier molecular flexibility index (Phi) is 8.87. The third kappa shape index (κ3) is 10.3. The minimum atomic E-state index is -0.942. The Balaban J connectivity index is 4.10. The standard InChI is InChI=1S/C14H26N2O3/c1-5-8-16(10-14(18)19)9-13(17)15-12(4)7-6-11(2)3/h5,11-12H,1,6-10H2,2-4H3,(H,15,17)(H,18,19). The molecule has 0 aliphatic heterocycles. The lowest BCUT2D eigenvalue weighted by Crippen LogP contribution is -2.42. The van der Waals surface area contributed by atoms with E-state index >= 15 is 0 Å². The van der Waals surface area contributed by atoms with Crippen LogP contribution in [0.25, 0.3) is 0 Å². The molecule has 0 aromatic heterocycles. The van der Waals surface area contributed by atoms with Gasteiger partial charge in [0, 0.05) is 12.6 Å². The number of aliphatic carboxylic acids is 1. The number of carbonyl (C=O) groups excluding carboxylic acids is 1. The molecule has 0 aliphatic rings. The number of hydrogen-bond acceptors (Lipinski definition) is 3. The van der Waals surface area contributed by atoms with Crippen LogP contribution in [0.15, 0.2) is 12.7 Å². The topological polar surface area (TPSA) is 69.6 Å². The molecule has 1 unspecified atom stereocenters.